The van der Waals surface area contributed by atoms with Gasteiger partial charge in [-0.3, -0.25) is 4.90 Å². The van der Waals surface area contributed by atoms with Crippen LogP contribution in [0.3, 0.4) is 0 Å². The van der Waals surface area contributed by atoms with E-state index in [1.54, 1.807) is 0 Å². The lowest BCUT2D eigenvalue weighted by Crippen LogP contribution is -2.37. The minimum atomic E-state index is 0.655. The maximum Gasteiger partial charge on any atom is 0.230 e. The average Bonchev–Trinajstić information content (AvgIpc) is 2.77. The molecule has 108 valence electrons. The minimum Gasteiger partial charge on any atom is -0.424 e. The maximum absolute atomic E-state index is 5.43. The third-order valence-electron chi connectivity index (χ3n) is 3.62. The second-order valence-corrected chi connectivity index (χ2v) is 5.99. The third kappa shape index (κ3) is 4.91. The predicted octanol–water partition coefficient (Wildman–Crippen LogP) is 1.84. The first kappa shape index (κ1) is 14.5. The predicted molar refractivity (Wildman–Crippen MR) is 74.7 cm³/mol. The van der Waals surface area contributed by atoms with Gasteiger partial charge in [0.05, 0.1) is 6.54 Å². The first-order chi connectivity index (χ1) is 9.13. The number of nitrogens with zero attached hydrogens (tertiary/aromatic N) is 3. The lowest BCUT2D eigenvalue weighted by atomic mass is 9.96. The van der Waals surface area contributed by atoms with Gasteiger partial charge in [-0.2, -0.15) is 0 Å². The molecule has 0 bridgehead atoms. The van der Waals surface area contributed by atoms with Gasteiger partial charge in [-0.15, -0.1) is 10.2 Å². The van der Waals surface area contributed by atoms with Crippen LogP contribution in [0.1, 0.15) is 38.5 Å². The fourth-order valence-electron chi connectivity index (χ4n) is 2.52. The molecule has 5 nitrogen and oxygen atoms in total. The largest absolute Gasteiger partial charge is 0.424 e. The molecule has 1 saturated heterocycles. The summed E-state index contributed by atoms with van der Waals surface area (Å²) < 4.78 is 5.43. The normalized spacial score (nSPS) is 18.3. The van der Waals surface area contributed by atoms with Gasteiger partial charge in [0.25, 0.3) is 0 Å². The maximum atomic E-state index is 5.43. The molecule has 0 aliphatic carbocycles. The van der Waals surface area contributed by atoms with Crippen molar-refractivity contribution in [1.82, 2.24) is 20.4 Å². The van der Waals surface area contributed by atoms with Crippen LogP contribution in [-0.2, 0) is 6.54 Å². The Bertz CT molecular complexity index is 369. The highest BCUT2D eigenvalue weighted by Gasteiger charge is 2.20. The Kier molecular flexibility index (Phi) is 5.34. The molecule has 0 aromatic carbocycles. The monoisotopic (exact) mass is 266 g/mol. The number of rotatable bonds is 6. The summed E-state index contributed by atoms with van der Waals surface area (Å²) in [5.41, 5.74) is 0. The summed E-state index contributed by atoms with van der Waals surface area (Å²) in [4.78, 5) is 2.41. The van der Waals surface area contributed by atoms with Crippen LogP contribution in [-0.4, -0.2) is 41.3 Å². The van der Waals surface area contributed by atoms with Gasteiger partial charge in [0.15, 0.2) is 0 Å². The molecule has 5 heteroatoms. The number of likely N-dealkylation sites (tertiary alicyclic amines) is 1. The molecule has 1 aromatic rings. The first-order valence-electron chi connectivity index (χ1n) is 7.35. The van der Waals surface area contributed by atoms with E-state index >= 15 is 0 Å². The molecule has 2 rings (SSSR count). The van der Waals surface area contributed by atoms with Gasteiger partial charge >= 0.3 is 0 Å². The van der Waals surface area contributed by atoms with Crippen molar-refractivity contribution in [2.75, 3.05) is 26.2 Å². The Morgan fingerprint density at radius 3 is 2.63 bits per heavy atom. The van der Waals surface area contributed by atoms with Crippen LogP contribution in [0.25, 0.3) is 0 Å². The van der Waals surface area contributed by atoms with Gasteiger partial charge in [-0.05, 0) is 50.9 Å². The number of hydrogen-bond acceptors (Lipinski definition) is 5. The van der Waals surface area contributed by atoms with Crippen LogP contribution < -0.4 is 5.32 Å². The summed E-state index contributed by atoms with van der Waals surface area (Å²) >= 11 is 0. The molecule has 0 radical (unpaired) electrons. The molecule has 1 aromatic heterocycles. The molecule has 19 heavy (non-hydrogen) atoms. The van der Waals surface area contributed by atoms with Crippen LogP contribution in [0.5, 0.6) is 0 Å². The van der Waals surface area contributed by atoms with E-state index < -0.39 is 0 Å². The molecule has 1 aliphatic rings. The van der Waals surface area contributed by atoms with Crippen LogP contribution >= 0.6 is 0 Å². The van der Waals surface area contributed by atoms with Gasteiger partial charge in [-0.25, -0.2) is 0 Å². The van der Waals surface area contributed by atoms with Crippen LogP contribution in [0.2, 0.25) is 0 Å². The van der Waals surface area contributed by atoms with E-state index in [2.05, 4.69) is 34.3 Å². The van der Waals surface area contributed by atoms with E-state index in [4.69, 9.17) is 4.42 Å². The van der Waals surface area contributed by atoms with E-state index in [1.807, 2.05) is 6.92 Å². The lowest BCUT2D eigenvalue weighted by molar-refractivity contribution is 0.161. The van der Waals surface area contributed by atoms with E-state index in [-0.39, 0.29) is 0 Å². The molecule has 0 unspecified atom stereocenters. The minimum absolute atomic E-state index is 0.655. The zero-order valence-electron chi connectivity index (χ0n) is 12.4. The average molecular weight is 266 g/mol. The van der Waals surface area contributed by atoms with E-state index in [0.717, 1.165) is 50.5 Å². The molecular formula is C14H26N4O. The van der Waals surface area contributed by atoms with Crippen molar-refractivity contribution in [1.29, 1.82) is 0 Å². The Labute approximate surface area is 115 Å². The Balaban J connectivity index is 1.65. The molecule has 2 heterocycles. The van der Waals surface area contributed by atoms with Crippen molar-refractivity contribution in [2.24, 2.45) is 11.8 Å². The van der Waals surface area contributed by atoms with Gasteiger partial charge in [0.1, 0.15) is 0 Å². The Hall–Kier alpha value is -0.940. The topological polar surface area (TPSA) is 54.2 Å². The van der Waals surface area contributed by atoms with Crippen molar-refractivity contribution in [3.8, 4) is 0 Å². The molecule has 0 atom stereocenters. The summed E-state index contributed by atoms with van der Waals surface area (Å²) in [6.45, 7) is 11.7. The smallest absolute Gasteiger partial charge is 0.230 e. The van der Waals surface area contributed by atoms with Gasteiger partial charge in [0, 0.05) is 6.92 Å². The third-order valence-corrected chi connectivity index (χ3v) is 3.62. The van der Waals surface area contributed by atoms with Gasteiger partial charge in [-0.1, -0.05) is 13.8 Å². The van der Waals surface area contributed by atoms with Crippen LogP contribution in [0, 0.1) is 18.8 Å². The van der Waals surface area contributed by atoms with Crippen LogP contribution in [0.4, 0.5) is 0 Å². The van der Waals surface area contributed by atoms with Crippen molar-refractivity contribution < 1.29 is 4.42 Å². The van der Waals surface area contributed by atoms with Crippen molar-refractivity contribution in [3.05, 3.63) is 11.8 Å². The fourth-order valence-corrected chi connectivity index (χ4v) is 2.52. The summed E-state index contributed by atoms with van der Waals surface area (Å²) in [5.74, 6) is 2.96. The molecule has 1 aliphatic heterocycles. The molecule has 1 fully saturated rings. The zero-order chi connectivity index (χ0) is 13.7. The second kappa shape index (κ2) is 7.01. The van der Waals surface area contributed by atoms with E-state index in [1.165, 1.54) is 12.8 Å². The van der Waals surface area contributed by atoms with Crippen LogP contribution in [0.15, 0.2) is 4.42 Å². The first-order valence-corrected chi connectivity index (χ1v) is 7.35. The zero-order valence-corrected chi connectivity index (χ0v) is 12.4. The Morgan fingerprint density at radius 2 is 2.05 bits per heavy atom. The van der Waals surface area contributed by atoms with Crippen molar-refractivity contribution in [2.45, 2.75) is 40.2 Å². The number of piperidine rings is 1. The number of aryl methyl sites for hydroxylation is 1. The second-order valence-electron chi connectivity index (χ2n) is 5.99. The summed E-state index contributed by atoms with van der Waals surface area (Å²) in [7, 11) is 0. The van der Waals surface area contributed by atoms with Gasteiger partial charge in [0.2, 0.25) is 11.8 Å². The summed E-state index contributed by atoms with van der Waals surface area (Å²) in [6.07, 6.45) is 2.52. The number of aromatic nitrogens is 2. The lowest BCUT2D eigenvalue weighted by Gasteiger charge is -2.31. The Morgan fingerprint density at radius 1 is 1.32 bits per heavy atom. The molecule has 1 N–H and O–H groups in total. The van der Waals surface area contributed by atoms with E-state index in [0.29, 0.717) is 5.89 Å². The molecule has 0 spiro atoms. The standard InChI is InChI=1S/C14H26N4O/c1-11(2)8-15-9-13-4-6-18(7-5-13)10-14-17-16-12(3)19-14/h11,13,15H,4-10H2,1-3H3. The fraction of sp³-hybridized carbons (Fsp3) is 0.857. The highest BCUT2D eigenvalue weighted by molar-refractivity contribution is 4.82. The van der Waals surface area contributed by atoms with E-state index in [9.17, 15) is 0 Å². The quantitative estimate of drug-likeness (QED) is 0.851. The van der Waals surface area contributed by atoms with Crippen molar-refractivity contribution in [3.63, 3.8) is 0 Å². The van der Waals surface area contributed by atoms with Crippen molar-refractivity contribution >= 4 is 0 Å². The summed E-state index contributed by atoms with van der Waals surface area (Å²) in [6, 6.07) is 0. The highest BCUT2D eigenvalue weighted by atomic mass is 16.4. The molecule has 0 amide bonds. The SMILES string of the molecule is Cc1nnc(CN2CCC(CNCC(C)C)CC2)o1. The highest BCUT2D eigenvalue weighted by Crippen LogP contribution is 2.18. The molecular weight excluding hydrogens is 240 g/mol. The number of hydrogen-bond donors (Lipinski definition) is 1. The summed E-state index contributed by atoms with van der Waals surface area (Å²) in [5, 5.41) is 11.5. The number of nitrogens with one attached hydrogen (secondary N) is 1. The molecule has 0 saturated carbocycles. The van der Waals surface area contributed by atoms with Gasteiger partial charge < -0.3 is 9.73 Å².